The monoisotopic (exact) mass is 266 g/mol. The molecule has 0 unspecified atom stereocenters. The Morgan fingerprint density at radius 2 is 2.17 bits per heavy atom. The molecule has 0 aliphatic carbocycles. The number of hydrogen-bond donors (Lipinski definition) is 1. The molecule has 0 aliphatic rings. The zero-order chi connectivity index (χ0) is 13.5. The standard InChI is InChI=1S/C13H18N2O2S/c1-4-14(2)13(17)15(3)9-11-8-12(18-10-11)6-5-7-16/h8,10,16H,4,7,9H2,1-3H3. The molecule has 4 nitrogen and oxygen atoms in total. The van der Waals surface area contributed by atoms with Crippen LogP contribution in [0.1, 0.15) is 17.4 Å². The van der Waals surface area contributed by atoms with Gasteiger partial charge < -0.3 is 14.9 Å². The Morgan fingerprint density at radius 3 is 2.78 bits per heavy atom. The Hall–Kier alpha value is -1.51. The second-order valence-corrected chi connectivity index (χ2v) is 4.84. The van der Waals surface area contributed by atoms with Crippen LogP contribution in [0.25, 0.3) is 0 Å². The van der Waals surface area contributed by atoms with Crippen molar-refractivity contribution in [2.24, 2.45) is 0 Å². The fourth-order valence-corrected chi connectivity index (χ4v) is 2.19. The molecule has 1 rings (SSSR count). The highest BCUT2D eigenvalue weighted by Crippen LogP contribution is 2.15. The summed E-state index contributed by atoms with van der Waals surface area (Å²) in [5.41, 5.74) is 1.06. The van der Waals surface area contributed by atoms with Gasteiger partial charge in [-0.15, -0.1) is 11.3 Å². The van der Waals surface area contributed by atoms with Crippen LogP contribution in [-0.2, 0) is 6.54 Å². The average molecular weight is 266 g/mol. The first kappa shape index (κ1) is 14.6. The van der Waals surface area contributed by atoms with Crippen molar-refractivity contribution in [3.8, 4) is 11.8 Å². The van der Waals surface area contributed by atoms with Crippen molar-refractivity contribution in [3.63, 3.8) is 0 Å². The highest BCUT2D eigenvalue weighted by molar-refractivity contribution is 7.10. The van der Waals surface area contributed by atoms with E-state index in [-0.39, 0.29) is 12.6 Å². The van der Waals surface area contributed by atoms with Gasteiger partial charge in [-0.05, 0) is 23.9 Å². The van der Waals surface area contributed by atoms with Gasteiger partial charge >= 0.3 is 6.03 Å². The molecule has 1 N–H and O–H groups in total. The number of aliphatic hydroxyl groups is 1. The molecular formula is C13H18N2O2S. The molecule has 1 heterocycles. The van der Waals surface area contributed by atoms with Gasteiger partial charge in [0.15, 0.2) is 0 Å². The van der Waals surface area contributed by atoms with Crippen molar-refractivity contribution in [2.75, 3.05) is 27.2 Å². The van der Waals surface area contributed by atoms with E-state index in [4.69, 9.17) is 5.11 Å². The van der Waals surface area contributed by atoms with Crippen molar-refractivity contribution >= 4 is 17.4 Å². The van der Waals surface area contributed by atoms with Gasteiger partial charge in [0.25, 0.3) is 0 Å². The van der Waals surface area contributed by atoms with Gasteiger partial charge in [-0.2, -0.15) is 0 Å². The average Bonchev–Trinajstić information content (AvgIpc) is 2.81. The second-order valence-electron chi connectivity index (χ2n) is 3.93. The summed E-state index contributed by atoms with van der Waals surface area (Å²) in [4.78, 5) is 16.1. The predicted molar refractivity (Wildman–Crippen MR) is 73.4 cm³/mol. The zero-order valence-electron chi connectivity index (χ0n) is 10.9. The van der Waals surface area contributed by atoms with E-state index in [1.165, 1.54) is 11.3 Å². The second kappa shape index (κ2) is 7.04. The van der Waals surface area contributed by atoms with Crippen molar-refractivity contribution < 1.29 is 9.90 Å². The normalized spacial score (nSPS) is 9.56. The van der Waals surface area contributed by atoms with Crippen LogP contribution >= 0.6 is 11.3 Å². The van der Waals surface area contributed by atoms with E-state index in [0.29, 0.717) is 13.1 Å². The SMILES string of the molecule is CCN(C)C(=O)N(C)Cc1csc(C#CCO)c1. The number of rotatable bonds is 3. The molecule has 1 aromatic heterocycles. The number of aliphatic hydroxyl groups excluding tert-OH is 1. The molecule has 5 heteroatoms. The van der Waals surface area contributed by atoms with E-state index in [1.54, 1.807) is 23.9 Å². The summed E-state index contributed by atoms with van der Waals surface area (Å²) in [5, 5.41) is 10.6. The van der Waals surface area contributed by atoms with Crippen LogP contribution < -0.4 is 0 Å². The van der Waals surface area contributed by atoms with Gasteiger partial charge in [0, 0.05) is 27.2 Å². The van der Waals surface area contributed by atoms with Gasteiger partial charge in [0.1, 0.15) is 6.61 Å². The van der Waals surface area contributed by atoms with E-state index in [0.717, 1.165) is 10.4 Å². The quantitative estimate of drug-likeness (QED) is 0.844. The van der Waals surface area contributed by atoms with Crippen molar-refractivity contribution in [1.29, 1.82) is 0 Å². The molecule has 1 aromatic rings. The number of thiophene rings is 1. The van der Waals surface area contributed by atoms with Crippen LogP contribution in [0.5, 0.6) is 0 Å². The van der Waals surface area contributed by atoms with Crippen LogP contribution in [0.2, 0.25) is 0 Å². The molecule has 0 saturated carbocycles. The molecule has 0 aliphatic heterocycles. The van der Waals surface area contributed by atoms with Crippen LogP contribution in [0.3, 0.4) is 0 Å². The van der Waals surface area contributed by atoms with Crippen molar-refractivity contribution in [1.82, 2.24) is 9.80 Å². The smallest absolute Gasteiger partial charge is 0.319 e. The van der Waals surface area contributed by atoms with E-state index >= 15 is 0 Å². The van der Waals surface area contributed by atoms with E-state index in [9.17, 15) is 4.79 Å². The maximum Gasteiger partial charge on any atom is 0.319 e. The molecule has 18 heavy (non-hydrogen) atoms. The summed E-state index contributed by atoms with van der Waals surface area (Å²) in [7, 11) is 3.57. The lowest BCUT2D eigenvalue weighted by Crippen LogP contribution is -2.38. The van der Waals surface area contributed by atoms with Crippen LogP contribution in [0.4, 0.5) is 4.79 Å². The van der Waals surface area contributed by atoms with Gasteiger partial charge in [-0.1, -0.05) is 11.8 Å². The first-order valence-corrected chi connectivity index (χ1v) is 6.59. The maximum absolute atomic E-state index is 11.9. The first-order valence-electron chi connectivity index (χ1n) is 5.71. The summed E-state index contributed by atoms with van der Waals surface area (Å²) in [6, 6.07) is 1.95. The van der Waals surface area contributed by atoms with Gasteiger partial charge in [-0.25, -0.2) is 4.79 Å². The maximum atomic E-state index is 11.9. The topological polar surface area (TPSA) is 43.8 Å². The Kier molecular flexibility index (Phi) is 5.69. The number of urea groups is 1. The summed E-state index contributed by atoms with van der Waals surface area (Å²) >= 11 is 1.52. The summed E-state index contributed by atoms with van der Waals surface area (Å²) < 4.78 is 0. The van der Waals surface area contributed by atoms with Gasteiger partial charge in [0.2, 0.25) is 0 Å². The number of carbonyl (C=O) groups is 1. The molecule has 0 bridgehead atoms. The highest BCUT2D eigenvalue weighted by Gasteiger charge is 2.13. The fraction of sp³-hybridized carbons (Fsp3) is 0.462. The summed E-state index contributed by atoms with van der Waals surface area (Å²) in [6.07, 6.45) is 0. The molecule has 0 aromatic carbocycles. The van der Waals surface area contributed by atoms with E-state index in [1.807, 2.05) is 18.4 Å². The third kappa shape index (κ3) is 4.06. The minimum atomic E-state index is -0.132. The predicted octanol–water partition coefficient (Wildman–Crippen LogP) is 1.60. The number of hydrogen-bond acceptors (Lipinski definition) is 3. The van der Waals surface area contributed by atoms with Crippen LogP contribution in [0, 0.1) is 11.8 Å². The lowest BCUT2D eigenvalue weighted by molar-refractivity contribution is 0.173. The molecule has 0 spiro atoms. The third-order valence-corrected chi connectivity index (χ3v) is 3.39. The molecule has 98 valence electrons. The van der Waals surface area contributed by atoms with Crippen LogP contribution in [-0.4, -0.2) is 48.2 Å². The number of nitrogens with zero attached hydrogens (tertiary/aromatic N) is 2. The molecular weight excluding hydrogens is 248 g/mol. The number of amides is 2. The zero-order valence-corrected chi connectivity index (χ0v) is 11.8. The van der Waals surface area contributed by atoms with E-state index in [2.05, 4.69) is 11.8 Å². The van der Waals surface area contributed by atoms with Crippen molar-refractivity contribution in [2.45, 2.75) is 13.5 Å². The van der Waals surface area contributed by atoms with Gasteiger partial charge in [0.05, 0.1) is 4.88 Å². The minimum absolute atomic E-state index is 0.00620. The Bertz CT molecular complexity index is 459. The first-order chi connectivity index (χ1) is 8.58. The lowest BCUT2D eigenvalue weighted by atomic mass is 10.3. The lowest BCUT2D eigenvalue weighted by Gasteiger charge is -2.23. The molecule has 0 saturated heterocycles. The Balaban J connectivity index is 2.62. The molecule has 2 amide bonds. The highest BCUT2D eigenvalue weighted by atomic mass is 32.1. The Labute approximate surface area is 112 Å². The largest absolute Gasteiger partial charge is 0.384 e. The van der Waals surface area contributed by atoms with E-state index < -0.39 is 0 Å². The fourth-order valence-electron chi connectivity index (χ4n) is 1.42. The summed E-state index contributed by atoms with van der Waals surface area (Å²) in [6.45, 7) is 3.08. The van der Waals surface area contributed by atoms with Crippen molar-refractivity contribution in [3.05, 3.63) is 21.9 Å². The number of carbonyl (C=O) groups excluding carboxylic acids is 1. The molecule has 0 radical (unpaired) electrons. The minimum Gasteiger partial charge on any atom is -0.384 e. The Morgan fingerprint density at radius 1 is 1.44 bits per heavy atom. The summed E-state index contributed by atoms with van der Waals surface area (Å²) in [5.74, 6) is 5.46. The third-order valence-electron chi connectivity index (χ3n) is 2.49. The molecule has 0 fully saturated rings. The molecule has 0 atom stereocenters. The van der Waals surface area contributed by atoms with Gasteiger partial charge in [-0.3, -0.25) is 0 Å². The van der Waals surface area contributed by atoms with Crippen LogP contribution in [0.15, 0.2) is 11.4 Å².